The molecule has 0 aromatic heterocycles. The van der Waals surface area contributed by atoms with Gasteiger partial charge in [0.25, 0.3) is 0 Å². The number of ether oxygens (including phenoxy) is 1. The van der Waals surface area contributed by atoms with Crippen molar-refractivity contribution in [2.45, 2.75) is 117 Å². The van der Waals surface area contributed by atoms with E-state index in [1.165, 1.54) is 89.0 Å². The van der Waals surface area contributed by atoms with Crippen LogP contribution in [0.25, 0.3) is 0 Å². The van der Waals surface area contributed by atoms with Crippen molar-refractivity contribution >= 4 is 5.78 Å². The Bertz CT molecular complexity index is 420. The fraction of sp³-hybridized carbons (Fsp3) is 0.875. The summed E-state index contributed by atoms with van der Waals surface area (Å²) in [6, 6.07) is 0. The number of hydrogen-bond acceptors (Lipinski definition) is 2. The first-order valence-corrected chi connectivity index (χ1v) is 11.2. The molecule has 0 bridgehead atoms. The van der Waals surface area contributed by atoms with Crippen LogP contribution in [-0.4, -0.2) is 19.5 Å². The van der Waals surface area contributed by atoms with E-state index in [4.69, 9.17) is 4.74 Å². The Morgan fingerprint density at radius 3 is 1.58 bits per heavy atom. The second-order valence-electron chi connectivity index (χ2n) is 8.93. The fourth-order valence-corrected chi connectivity index (χ4v) is 4.34. The monoisotopic (exact) mass is 364 g/mol. The van der Waals surface area contributed by atoms with Gasteiger partial charge in [0.15, 0.2) is 5.78 Å². The Morgan fingerprint density at radius 1 is 0.769 bits per heavy atom. The lowest BCUT2D eigenvalue weighted by Gasteiger charge is -2.22. The summed E-state index contributed by atoms with van der Waals surface area (Å²) in [5.41, 5.74) is 2.61. The third kappa shape index (κ3) is 9.35. The van der Waals surface area contributed by atoms with Gasteiger partial charge in [-0.2, -0.15) is 0 Å². The van der Waals surface area contributed by atoms with Crippen LogP contribution in [-0.2, 0) is 9.53 Å². The van der Waals surface area contributed by atoms with Crippen molar-refractivity contribution in [1.82, 2.24) is 0 Å². The minimum Gasteiger partial charge on any atom is -0.385 e. The molecule has 0 saturated carbocycles. The van der Waals surface area contributed by atoms with E-state index in [0.29, 0.717) is 5.78 Å². The van der Waals surface area contributed by atoms with Gasteiger partial charge in [0, 0.05) is 20.1 Å². The Labute approximate surface area is 163 Å². The van der Waals surface area contributed by atoms with Gasteiger partial charge < -0.3 is 4.74 Å². The van der Waals surface area contributed by atoms with E-state index in [2.05, 4.69) is 13.8 Å². The lowest BCUT2D eigenvalue weighted by Crippen LogP contribution is -2.11. The predicted octanol–water partition coefficient (Wildman–Crippen LogP) is 7.41. The summed E-state index contributed by atoms with van der Waals surface area (Å²) >= 11 is 0. The van der Waals surface area contributed by atoms with Crippen LogP contribution < -0.4 is 0 Å². The predicted molar refractivity (Wildman–Crippen MR) is 113 cm³/mol. The van der Waals surface area contributed by atoms with Crippen LogP contribution in [0, 0.1) is 5.41 Å². The van der Waals surface area contributed by atoms with Crippen molar-refractivity contribution in [2.24, 2.45) is 5.41 Å². The molecule has 0 N–H and O–H groups in total. The smallest absolute Gasteiger partial charge is 0.159 e. The first-order valence-electron chi connectivity index (χ1n) is 11.2. The van der Waals surface area contributed by atoms with Gasteiger partial charge in [-0.05, 0) is 37.2 Å². The number of allylic oxidation sites excluding steroid dienone is 2. The highest BCUT2D eigenvalue weighted by Crippen LogP contribution is 2.42. The SMILES string of the molecule is COCCCCCCCCCCCCCCCC1=C(C)C(=O)CC1(C)C. The number of rotatable bonds is 16. The number of ketones is 1. The van der Waals surface area contributed by atoms with E-state index in [-0.39, 0.29) is 5.41 Å². The summed E-state index contributed by atoms with van der Waals surface area (Å²) in [6.07, 6.45) is 19.6. The van der Waals surface area contributed by atoms with Crippen LogP contribution in [0.15, 0.2) is 11.1 Å². The van der Waals surface area contributed by atoms with Crippen molar-refractivity contribution < 1.29 is 9.53 Å². The van der Waals surface area contributed by atoms with E-state index in [0.717, 1.165) is 25.0 Å². The molecule has 0 atom stereocenters. The van der Waals surface area contributed by atoms with E-state index < -0.39 is 0 Å². The fourth-order valence-electron chi connectivity index (χ4n) is 4.34. The maximum absolute atomic E-state index is 11.9. The third-order valence-corrected chi connectivity index (χ3v) is 6.07. The van der Waals surface area contributed by atoms with Crippen molar-refractivity contribution in [3.8, 4) is 0 Å². The Kier molecular flexibility index (Phi) is 12.2. The van der Waals surface area contributed by atoms with Crippen LogP contribution in [0.4, 0.5) is 0 Å². The first kappa shape index (κ1) is 23.4. The highest BCUT2D eigenvalue weighted by atomic mass is 16.5. The average Bonchev–Trinajstić information content (AvgIpc) is 2.79. The van der Waals surface area contributed by atoms with E-state index in [9.17, 15) is 4.79 Å². The van der Waals surface area contributed by atoms with Gasteiger partial charge in [-0.25, -0.2) is 0 Å². The van der Waals surface area contributed by atoms with Crippen molar-refractivity contribution in [3.63, 3.8) is 0 Å². The molecule has 0 spiro atoms. The summed E-state index contributed by atoms with van der Waals surface area (Å²) in [4.78, 5) is 11.9. The average molecular weight is 365 g/mol. The van der Waals surface area contributed by atoms with Gasteiger partial charge in [0.2, 0.25) is 0 Å². The highest BCUT2D eigenvalue weighted by molar-refractivity contribution is 5.99. The Morgan fingerprint density at radius 2 is 1.19 bits per heavy atom. The van der Waals surface area contributed by atoms with Gasteiger partial charge >= 0.3 is 0 Å². The minimum atomic E-state index is 0.116. The topological polar surface area (TPSA) is 26.3 Å². The molecule has 152 valence electrons. The molecule has 0 heterocycles. The number of hydrogen-bond donors (Lipinski definition) is 0. The number of unbranched alkanes of at least 4 members (excludes halogenated alkanes) is 12. The molecule has 0 aromatic rings. The number of Topliss-reactive ketones (excluding diaryl/α,β-unsaturated/α-hetero) is 1. The first-order chi connectivity index (χ1) is 12.5. The molecule has 2 nitrogen and oxygen atoms in total. The van der Waals surface area contributed by atoms with Gasteiger partial charge in [0.1, 0.15) is 0 Å². The molecule has 0 aliphatic heterocycles. The quantitative estimate of drug-likeness (QED) is 0.266. The maximum atomic E-state index is 11.9. The number of methoxy groups -OCH3 is 1. The minimum absolute atomic E-state index is 0.116. The Hall–Kier alpha value is -0.630. The second-order valence-corrected chi connectivity index (χ2v) is 8.93. The lowest BCUT2D eigenvalue weighted by molar-refractivity contribution is -0.115. The van der Waals surface area contributed by atoms with Crippen molar-refractivity contribution in [3.05, 3.63) is 11.1 Å². The van der Waals surface area contributed by atoms with Crippen LogP contribution >= 0.6 is 0 Å². The Balaban J connectivity index is 1.88. The zero-order chi connectivity index (χ0) is 19.3. The normalized spacial score (nSPS) is 16.7. The zero-order valence-electron chi connectivity index (χ0n) is 18.1. The molecule has 26 heavy (non-hydrogen) atoms. The summed E-state index contributed by atoms with van der Waals surface area (Å²) in [7, 11) is 1.79. The van der Waals surface area contributed by atoms with E-state index in [1.54, 1.807) is 7.11 Å². The van der Waals surface area contributed by atoms with Crippen LogP contribution in [0.2, 0.25) is 0 Å². The summed E-state index contributed by atoms with van der Waals surface area (Å²) < 4.78 is 5.08. The van der Waals surface area contributed by atoms with Crippen LogP contribution in [0.3, 0.4) is 0 Å². The van der Waals surface area contributed by atoms with Crippen LogP contribution in [0.1, 0.15) is 117 Å². The van der Waals surface area contributed by atoms with E-state index in [1.807, 2.05) is 6.92 Å². The number of carbonyl (C=O) groups is 1. The van der Waals surface area contributed by atoms with Gasteiger partial charge in [0.05, 0.1) is 0 Å². The molecular formula is C24H44O2. The van der Waals surface area contributed by atoms with Gasteiger partial charge in [-0.3, -0.25) is 4.79 Å². The second kappa shape index (κ2) is 13.5. The molecule has 0 aromatic carbocycles. The van der Waals surface area contributed by atoms with Gasteiger partial charge in [-0.15, -0.1) is 0 Å². The molecule has 1 rings (SSSR count). The standard InChI is InChI=1S/C24H44O2/c1-21-22(24(2,3)20-23(21)25)18-16-14-12-10-8-6-5-7-9-11-13-15-17-19-26-4/h5-20H2,1-4H3. The molecular weight excluding hydrogens is 320 g/mol. The largest absolute Gasteiger partial charge is 0.385 e. The van der Waals surface area contributed by atoms with Crippen LogP contribution in [0.5, 0.6) is 0 Å². The van der Waals surface area contributed by atoms with Gasteiger partial charge in [-0.1, -0.05) is 90.0 Å². The van der Waals surface area contributed by atoms with Crippen molar-refractivity contribution in [2.75, 3.05) is 13.7 Å². The van der Waals surface area contributed by atoms with E-state index >= 15 is 0 Å². The maximum Gasteiger partial charge on any atom is 0.159 e. The molecule has 0 saturated heterocycles. The molecule has 0 unspecified atom stereocenters. The molecule has 0 radical (unpaired) electrons. The summed E-state index contributed by atoms with van der Waals surface area (Å²) in [5.74, 6) is 0.375. The zero-order valence-corrected chi connectivity index (χ0v) is 18.1. The lowest BCUT2D eigenvalue weighted by atomic mass is 9.82. The molecule has 2 heteroatoms. The molecule has 1 aliphatic rings. The third-order valence-electron chi connectivity index (χ3n) is 6.07. The number of carbonyl (C=O) groups excluding carboxylic acids is 1. The molecule has 0 amide bonds. The summed E-state index contributed by atoms with van der Waals surface area (Å²) in [5, 5.41) is 0. The molecule has 0 fully saturated rings. The molecule has 1 aliphatic carbocycles. The summed E-state index contributed by atoms with van der Waals surface area (Å²) in [6.45, 7) is 7.42. The highest BCUT2D eigenvalue weighted by Gasteiger charge is 2.35. The van der Waals surface area contributed by atoms with Crippen molar-refractivity contribution in [1.29, 1.82) is 0 Å².